The summed E-state index contributed by atoms with van der Waals surface area (Å²) in [6.45, 7) is 0. The van der Waals surface area contributed by atoms with Crippen LogP contribution in [-0.4, -0.2) is 19.5 Å². The highest BCUT2D eigenvalue weighted by Gasteiger charge is 2.44. The number of nitrogens with two attached hydrogens (primary N) is 1. The van der Waals surface area contributed by atoms with Gasteiger partial charge in [0.25, 0.3) is 0 Å². The lowest BCUT2D eigenvalue weighted by Crippen LogP contribution is -2.11. The Morgan fingerprint density at radius 2 is 1.88 bits per heavy atom. The van der Waals surface area contributed by atoms with Crippen molar-refractivity contribution in [2.75, 3.05) is 0 Å². The summed E-state index contributed by atoms with van der Waals surface area (Å²) < 4.78 is 22.0. The van der Waals surface area contributed by atoms with Gasteiger partial charge in [-0.3, -0.25) is 4.79 Å². The summed E-state index contributed by atoms with van der Waals surface area (Å²) in [7, 11) is -3.67. The van der Waals surface area contributed by atoms with Gasteiger partial charge in [-0.15, -0.1) is 0 Å². The van der Waals surface area contributed by atoms with E-state index in [0.29, 0.717) is 6.42 Å². The second-order valence-electron chi connectivity index (χ2n) is 3.90. The molecule has 0 bridgehead atoms. The van der Waals surface area contributed by atoms with Gasteiger partial charge in [-0.25, -0.2) is 13.6 Å². The molecule has 0 unspecified atom stereocenters. The Kier molecular flexibility index (Phi) is 2.47. The molecule has 0 aromatic heterocycles. The van der Waals surface area contributed by atoms with Crippen molar-refractivity contribution in [2.24, 2.45) is 11.1 Å². The fourth-order valence-electron chi connectivity index (χ4n) is 1.74. The average molecular weight is 241 g/mol. The Hall–Kier alpha value is -1.40. The molecule has 1 fully saturated rings. The third-order valence-corrected chi connectivity index (χ3v) is 3.67. The molecule has 0 spiro atoms. The van der Waals surface area contributed by atoms with Crippen LogP contribution in [0.15, 0.2) is 29.2 Å². The van der Waals surface area contributed by atoms with E-state index >= 15 is 0 Å². The van der Waals surface area contributed by atoms with E-state index in [2.05, 4.69) is 0 Å². The van der Waals surface area contributed by atoms with Gasteiger partial charge in [0.2, 0.25) is 10.0 Å². The Morgan fingerprint density at radius 3 is 2.25 bits per heavy atom. The van der Waals surface area contributed by atoms with Gasteiger partial charge in [0, 0.05) is 0 Å². The molecular formula is C10H11NO4S. The first-order valence-electron chi connectivity index (χ1n) is 4.75. The lowest BCUT2D eigenvalue weighted by atomic mass is 10.1. The van der Waals surface area contributed by atoms with Gasteiger partial charge >= 0.3 is 5.97 Å². The van der Waals surface area contributed by atoms with E-state index in [0.717, 1.165) is 5.56 Å². The van der Waals surface area contributed by atoms with Gasteiger partial charge < -0.3 is 5.11 Å². The van der Waals surface area contributed by atoms with E-state index in [-0.39, 0.29) is 16.7 Å². The molecule has 0 amide bonds. The van der Waals surface area contributed by atoms with E-state index in [4.69, 9.17) is 10.2 Å². The molecule has 1 aromatic rings. The second-order valence-corrected chi connectivity index (χ2v) is 5.46. The topological polar surface area (TPSA) is 97.5 Å². The number of primary sulfonamides is 1. The number of aliphatic carboxylic acids is 1. The number of benzene rings is 1. The molecule has 3 N–H and O–H groups in total. The van der Waals surface area contributed by atoms with E-state index in [1.807, 2.05) is 0 Å². The van der Waals surface area contributed by atoms with E-state index in [1.54, 1.807) is 12.1 Å². The van der Waals surface area contributed by atoms with Crippen molar-refractivity contribution >= 4 is 16.0 Å². The molecule has 1 aliphatic rings. The van der Waals surface area contributed by atoms with Crippen molar-refractivity contribution < 1.29 is 18.3 Å². The van der Waals surface area contributed by atoms with Gasteiger partial charge in [0.05, 0.1) is 10.8 Å². The van der Waals surface area contributed by atoms with E-state index < -0.39 is 16.0 Å². The smallest absolute Gasteiger partial charge is 0.307 e. The number of carboxylic acids is 1. The summed E-state index contributed by atoms with van der Waals surface area (Å²) in [6, 6.07) is 6.05. The van der Waals surface area contributed by atoms with Crippen molar-refractivity contribution in [3.63, 3.8) is 0 Å². The lowest BCUT2D eigenvalue weighted by molar-refractivity contribution is -0.138. The van der Waals surface area contributed by atoms with Crippen LogP contribution in [0.5, 0.6) is 0 Å². The van der Waals surface area contributed by atoms with Gasteiger partial charge in [0.1, 0.15) is 0 Å². The highest BCUT2D eigenvalue weighted by Crippen LogP contribution is 2.47. The molecule has 6 heteroatoms. The minimum Gasteiger partial charge on any atom is -0.481 e. The number of hydrogen-bond acceptors (Lipinski definition) is 3. The highest BCUT2D eigenvalue weighted by molar-refractivity contribution is 7.89. The van der Waals surface area contributed by atoms with E-state index in [9.17, 15) is 13.2 Å². The van der Waals surface area contributed by atoms with Crippen LogP contribution in [0.25, 0.3) is 0 Å². The van der Waals surface area contributed by atoms with Gasteiger partial charge in [-0.1, -0.05) is 12.1 Å². The van der Waals surface area contributed by atoms with Gasteiger partial charge in [0.15, 0.2) is 0 Å². The minimum atomic E-state index is -3.67. The van der Waals surface area contributed by atoms with Crippen molar-refractivity contribution in [3.8, 4) is 0 Å². The van der Waals surface area contributed by atoms with Crippen LogP contribution < -0.4 is 5.14 Å². The molecule has 5 nitrogen and oxygen atoms in total. The molecule has 1 saturated carbocycles. The van der Waals surface area contributed by atoms with Gasteiger partial charge in [-0.2, -0.15) is 0 Å². The maximum Gasteiger partial charge on any atom is 0.307 e. The predicted octanol–water partition coefficient (Wildman–Crippen LogP) is 0.522. The third kappa shape index (κ3) is 2.07. The zero-order chi connectivity index (χ0) is 11.9. The Morgan fingerprint density at radius 1 is 1.31 bits per heavy atom. The molecule has 0 radical (unpaired) electrons. The molecule has 1 aliphatic carbocycles. The largest absolute Gasteiger partial charge is 0.481 e. The van der Waals surface area contributed by atoms with Crippen molar-refractivity contribution in [2.45, 2.75) is 17.2 Å². The summed E-state index contributed by atoms with van der Waals surface area (Å²) in [5.41, 5.74) is 0.847. The third-order valence-electron chi connectivity index (χ3n) is 2.74. The quantitative estimate of drug-likeness (QED) is 0.806. The normalized spacial score (nSPS) is 24.1. The molecule has 86 valence electrons. The van der Waals surface area contributed by atoms with Crippen LogP contribution in [0.1, 0.15) is 17.9 Å². The Balaban J connectivity index is 2.19. The van der Waals surface area contributed by atoms with E-state index in [1.165, 1.54) is 12.1 Å². The first-order valence-corrected chi connectivity index (χ1v) is 6.30. The van der Waals surface area contributed by atoms with Crippen LogP contribution in [0, 0.1) is 5.92 Å². The first-order chi connectivity index (χ1) is 7.39. The van der Waals surface area contributed by atoms with Crippen LogP contribution >= 0.6 is 0 Å². The predicted molar refractivity (Wildman–Crippen MR) is 56.3 cm³/mol. The van der Waals surface area contributed by atoms with Crippen LogP contribution in [-0.2, 0) is 14.8 Å². The fourth-order valence-corrected chi connectivity index (χ4v) is 2.26. The van der Waals surface area contributed by atoms with Crippen molar-refractivity contribution in [1.82, 2.24) is 0 Å². The number of carbonyl (C=O) groups is 1. The zero-order valence-electron chi connectivity index (χ0n) is 8.33. The summed E-state index contributed by atoms with van der Waals surface area (Å²) >= 11 is 0. The van der Waals surface area contributed by atoms with Gasteiger partial charge in [-0.05, 0) is 30.0 Å². The number of sulfonamides is 1. The summed E-state index contributed by atoms with van der Waals surface area (Å²) in [5, 5.41) is 13.7. The molecule has 2 atom stereocenters. The molecule has 0 saturated heterocycles. The minimum absolute atomic E-state index is 0.00651. The lowest BCUT2D eigenvalue weighted by Gasteiger charge is -2.01. The maximum atomic E-state index is 11.0. The summed E-state index contributed by atoms with van der Waals surface area (Å²) in [4.78, 5) is 10.7. The Labute approximate surface area is 92.9 Å². The fraction of sp³-hybridized carbons (Fsp3) is 0.300. The maximum absolute atomic E-state index is 11.0. The summed E-state index contributed by atoms with van der Waals surface area (Å²) in [6.07, 6.45) is 0.615. The number of rotatable bonds is 3. The second kappa shape index (κ2) is 3.57. The number of hydrogen-bond donors (Lipinski definition) is 2. The molecule has 16 heavy (non-hydrogen) atoms. The zero-order valence-corrected chi connectivity index (χ0v) is 9.15. The number of carboxylic acid groups (broad SMARTS) is 1. The van der Waals surface area contributed by atoms with Crippen molar-refractivity contribution in [3.05, 3.63) is 29.8 Å². The van der Waals surface area contributed by atoms with Crippen LogP contribution in [0.2, 0.25) is 0 Å². The molecule has 0 heterocycles. The molecule has 0 aliphatic heterocycles. The molecule has 2 rings (SSSR count). The molecule has 1 aromatic carbocycles. The monoisotopic (exact) mass is 241 g/mol. The van der Waals surface area contributed by atoms with Crippen LogP contribution in [0.3, 0.4) is 0 Å². The van der Waals surface area contributed by atoms with Crippen molar-refractivity contribution in [1.29, 1.82) is 0 Å². The SMILES string of the molecule is NS(=O)(=O)c1ccc([C@@H]2C[C@H]2C(=O)O)cc1. The first kappa shape index (κ1) is 11.1. The highest BCUT2D eigenvalue weighted by atomic mass is 32.2. The Bertz CT molecular complexity index is 520. The average Bonchev–Trinajstić information content (AvgIpc) is 2.96. The standard InChI is InChI=1S/C10H11NO4S/c11-16(14,15)7-3-1-6(2-4-7)8-5-9(8)10(12)13/h1-4,8-9H,5H2,(H,12,13)(H2,11,14,15)/t8-,9+/m0/s1. The molecular weight excluding hydrogens is 230 g/mol. The van der Waals surface area contributed by atoms with Crippen LogP contribution in [0.4, 0.5) is 0 Å². The summed E-state index contributed by atoms with van der Waals surface area (Å²) in [5.74, 6) is -1.13.